The summed E-state index contributed by atoms with van der Waals surface area (Å²) >= 11 is 0. The Morgan fingerprint density at radius 2 is 1.67 bits per heavy atom. The van der Waals surface area contributed by atoms with Crippen LogP contribution in [0.25, 0.3) is 0 Å². The van der Waals surface area contributed by atoms with Crippen LogP contribution in [0.3, 0.4) is 0 Å². The van der Waals surface area contributed by atoms with Crippen molar-refractivity contribution in [2.45, 2.75) is 59.7 Å². The number of amides is 2. The van der Waals surface area contributed by atoms with Crippen LogP contribution >= 0.6 is 0 Å². The first-order valence-corrected chi connectivity index (χ1v) is 12.7. The summed E-state index contributed by atoms with van der Waals surface area (Å²) in [5.74, 6) is 0.526. The van der Waals surface area contributed by atoms with Gasteiger partial charge in [0.1, 0.15) is 16.9 Å². The van der Waals surface area contributed by atoms with Crippen molar-refractivity contribution in [2.24, 2.45) is 5.92 Å². The van der Waals surface area contributed by atoms with Gasteiger partial charge in [0.05, 0.1) is 7.11 Å². The highest BCUT2D eigenvalue weighted by molar-refractivity contribution is 5.99. The van der Waals surface area contributed by atoms with Gasteiger partial charge in [0.2, 0.25) is 5.43 Å². The van der Waals surface area contributed by atoms with Gasteiger partial charge in [0, 0.05) is 62.8 Å². The summed E-state index contributed by atoms with van der Waals surface area (Å²) in [5.41, 5.74) is 0.154. The van der Waals surface area contributed by atoms with Crippen molar-refractivity contribution in [3.05, 3.63) is 63.6 Å². The number of carbonyl (C=O) groups excluding carboxylic acids is 2. The third-order valence-corrected chi connectivity index (χ3v) is 6.25. The van der Waals surface area contributed by atoms with Crippen LogP contribution in [0.15, 0.2) is 41.5 Å². The molecule has 36 heavy (non-hydrogen) atoms. The molecular formula is C28H40N4O4. The minimum Gasteiger partial charge on any atom is -0.496 e. The first-order valence-electron chi connectivity index (χ1n) is 12.7. The third kappa shape index (κ3) is 7.20. The van der Waals surface area contributed by atoms with E-state index < -0.39 is 16.9 Å². The Bertz CT molecular complexity index is 1130. The standard InChI is InChI=1S/C28H40N4O4/c1-20(2)11-12-31-18-22(26(34)29-28(3,4)5)25(33)23(19-31)27(35)32-15-13-30(14-16-32)17-21-9-7-8-10-24(21)36-6/h7-10,18-20H,11-17H2,1-6H3,(H,29,34). The predicted molar refractivity (Wildman–Crippen MR) is 142 cm³/mol. The van der Waals surface area contributed by atoms with Crippen molar-refractivity contribution < 1.29 is 14.3 Å². The summed E-state index contributed by atoms with van der Waals surface area (Å²) in [4.78, 5) is 43.7. The molecule has 0 saturated carbocycles. The second-order valence-electron chi connectivity index (χ2n) is 10.9. The second-order valence-corrected chi connectivity index (χ2v) is 10.9. The van der Waals surface area contributed by atoms with Gasteiger partial charge in [-0.05, 0) is 39.2 Å². The Balaban J connectivity index is 1.78. The Kier molecular flexibility index (Phi) is 8.95. The summed E-state index contributed by atoms with van der Waals surface area (Å²) in [6.07, 6.45) is 4.06. The molecule has 2 amide bonds. The smallest absolute Gasteiger partial charge is 0.259 e. The van der Waals surface area contributed by atoms with Gasteiger partial charge >= 0.3 is 0 Å². The number of pyridine rings is 1. The number of carbonyl (C=O) groups is 2. The Morgan fingerprint density at radius 1 is 1.03 bits per heavy atom. The summed E-state index contributed by atoms with van der Waals surface area (Å²) in [5, 5.41) is 2.86. The van der Waals surface area contributed by atoms with E-state index in [2.05, 4.69) is 24.1 Å². The van der Waals surface area contributed by atoms with Crippen molar-refractivity contribution in [2.75, 3.05) is 33.3 Å². The molecule has 196 valence electrons. The Labute approximate surface area is 214 Å². The number of hydrogen-bond acceptors (Lipinski definition) is 5. The lowest BCUT2D eigenvalue weighted by Gasteiger charge is -2.35. The number of piperazine rings is 1. The van der Waals surface area contributed by atoms with Gasteiger partial charge in [-0.15, -0.1) is 0 Å². The molecule has 0 aliphatic carbocycles. The fourth-order valence-electron chi connectivity index (χ4n) is 4.24. The highest BCUT2D eigenvalue weighted by Gasteiger charge is 2.27. The fourth-order valence-corrected chi connectivity index (χ4v) is 4.24. The van der Waals surface area contributed by atoms with E-state index in [1.54, 1.807) is 24.4 Å². The molecule has 1 N–H and O–H groups in total. The molecule has 2 aromatic rings. The largest absolute Gasteiger partial charge is 0.496 e. The van der Waals surface area contributed by atoms with Crippen LogP contribution < -0.4 is 15.5 Å². The van der Waals surface area contributed by atoms with Crippen LogP contribution in [0.4, 0.5) is 0 Å². The molecule has 2 heterocycles. The SMILES string of the molecule is COc1ccccc1CN1CCN(C(=O)c2cn(CCC(C)C)cc(C(=O)NC(C)(C)C)c2=O)CC1. The predicted octanol–water partition coefficient (Wildman–Crippen LogP) is 3.39. The quantitative estimate of drug-likeness (QED) is 0.606. The molecule has 1 fully saturated rings. The van der Waals surface area contributed by atoms with E-state index in [0.717, 1.165) is 24.3 Å². The molecule has 1 aromatic carbocycles. The molecule has 1 aliphatic rings. The molecular weight excluding hydrogens is 456 g/mol. The molecule has 0 atom stereocenters. The van der Waals surface area contributed by atoms with E-state index >= 15 is 0 Å². The fraction of sp³-hybridized carbons (Fsp3) is 0.536. The first-order chi connectivity index (χ1) is 17.0. The maximum Gasteiger partial charge on any atom is 0.259 e. The molecule has 8 nitrogen and oxygen atoms in total. The van der Waals surface area contributed by atoms with E-state index in [0.29, 0.717) is 38.6 Å². The van der Waals surface area contributed by atoms with Crippen molar-refractivity contribution in [1.82, 2.24) is 19.7 Å². The monoisotopic (exact) mass is 496 g/mol. The average Bonchev–Trinajstić information content (AvgIpc) is 2.82. The number of aromatic nitrogens is 1. The van der Waals surface area contributed by atoms with E-state index in [-0.39, 0.29) is 17.0 Å². The number of ether oxygens (including phenoxy) is 1. The van der Waals surface area contributed by atoms with E-state index in [1.165, 1.54) is 0 Å². The van der Waals surface area contributed by atoms with Crippen LogP contribution in [-0.2, 0) is 13.1 Å². The zero-order valence-corrected chi connectivity index (χ0v) is 22.5. The molecule has 3 rings (SSSR count). The minimum atomic E-state index is -0.515. The lowest BCUT2D eigenvalue weighted by atomic mass is 10.1. The number of nitrogens with one attached hydrogen (secondary N) is 1. The topological polar surface area (TPSA) is 83.9 Å². The molecule has 1 aliphatic heterocycles. The molecule has 0 unspecified atom stereocenters. The first kappa shape index (κ1) is 27.5. The Hall–Kier alpha value is -3.13. The highest BCUT2D eigenvalue weighted by atomic mass is 16.5. The summed E-state index contributed by atoms with van der Waals surface area (Å²) in [6.45, 7) is 13.6. The van der Waals surface area contributed by atoms with Crippen LogP contribution in [0, 0.1) is 5.92 Å². The van der Waals surface area contributed by atoms with Crippen LogP contribution in [0.5, 0.6) is 5.75 Å². The van der Waals surface area contributed by atoms with E-state index in [9.17, 15) is 14.4 Å². The van der Waals surface area contributed by atoms with Gasteiger partial charge in [-0.25, -0.2) is 0 Å². The third-order valence-electron chi connectivity index (χ3n) is 6.25. The van der Waals surface area contributed by atoms with Gasteiger partial charge in [-0.1, -0.05) is 32.0 Å². The summed E-state index contributed by atoms with van der Waals surface area (Å²) in [6, 6.07) is 7.93. The zero-order valence-electron chi connectivity index (χ0n) is 22.5. The highest BCUT2D eigenvalue weighted by Crippen LogP contribution is 2.20. The van der Waals surface area contributed by atoms with Gasteiger partial charge in [-0.2, -0.15) is 0 Å². The van der Waals surface area contributed by atoms with Gasteiger partial charge < -0.3 is 19.5 Å². The van der Waals surface area contributed by atoms with E-state index in [4.69, 9.17) is 4.74 Å². The molecule has 0 spiro atoms. The number of rotatable bonds is 8. The lowest BCUT2D eigenvalue weighted by molar-refractivity contribution is 0.0625. The molecule has 0 bridgehead atoms. The van der Waals surface area contributed by atoms with Crippen LogP contribution in [-0.4, -0.2) is 65.0 Å². The van der Waals surface area contributed by atoms with Crippen molar-refractivity contribution in [1.29, 1.82) is 0 Å². The molecule has 8 heteroatoms. The average molecular weight is 497 g/mol. The maximum absolute atomic E-state index is 13.5. The van der Waals surface area contributed by atoms with Crippen molar-refractivity contribution in [3.63, 3.8) is 0 Å². The summed E-state index contributed by atoms with van der Waals surface area (Å²) in [7, 11) is 1.67. The van der Waals surface area contributed by atoms with E-state index in [1.807, 2.05) is 49.6 Å². The van der Waals surface area contributed by atoms with Crippen molar-refractivity contribution in [3.8, 4) is 5.75 Å². The van der Waals surface area contributed by atoms with Crippen molar-refractivity contribution >= 4 is 11.8 Å². The number of nitrogens with zero attached hydrogens (tertiary/aromatic N) is 3. The molecule has 1 aromatic heterocycles. The van der Waals surface area contributed by atoms with Gasteiger partial charge in [0.25, 0.3) is 11.8 Å². The van der Waals surface area contributed by atoms with Gasteiger partial charge in [0.15, 0.2) is 0 Å². The second kappa shape index (κ2) is 11.7. The normalized spacial score (nSPS) is 14.7. The number of hydrogen-bond donors (Lipinski definition) is 1. The number of aryl methyl sites for hydroxylation is 1. The number of benzene rings is 1. The van der Waals surface area contributed by atoms with Crippen LogP contribution in [0.1, 0.15) is 67.3 Å². The summed E-state index contributed by atoms with van der Waals surface area (Å²) < 4.78 is 7.27. The number of para-hydroxylation sites is 1. The zero-order chi connectivity index (χ0) is 26.5. The lowest BCUT2D eigenvalue weighted by Crippen LogP contribution is -2.49. The minimum absolute atomic E-state index is 0.00865. The molecule has 1 saturated heterocycles. The number of methoxy groups -OCH3 is 1. The van der Waals surface area contributed by atoms with Crippen LogP contribution in [0.2, 0.25) is 0 Å². The molecule has 0 radical (unpaired) electrons. The maximum atomic E-state index is 13.5. The Morgan fingerprint density at radius 3 is 2.28 bits per heavy atom. The van der Waals surface area contributed by atoms with Gasteiger partial charge in [-0.3, -0.25) is 19.3 Å².